The van der Waals surface area contributed by atoms with Gasteiger partial charge in [0.15, 0.2) is 5.78 Å². The van der Waals surface area contributed by atoms with Crippen LogP contribution in [0.2, 0.25) is 5.02 Å². The van der Waals surface area contributed by atoms with Gasteiger partial charge in [-0.1, -0.05) is 57.8 Å². The van der Waals surface area contributed by atoms with E-state index >= 15 is 0 Å². The standard InChI is InChI=1S/C28H34ClN3O3/c1-5-7-8-20-9-11-21(12-10-20)27(34)31(17-6-2)18-24(33)25-26(19(3)4)30-32(28(25)35)23-15-13-22(29)14-16-23/h9-16,19,30H,5-8,17-18H2,1-4H3. The van der Waals surface area contributed by atoms with Crippen molar-refractivity contribution in [2.75, 3.05) is 13.1 Å². The fraction of sp³-hybridized carbons (Fsp3) is 0.393. The zero-order chi connectivity index (χ0) is 25.5. The molecule has 0 saturated heterocycles. The SMILES string of the molecule is CCCCc1ccc(C(=O)N(CCC)CC(=O)c2c(C(C)C)[nH]n(-c3ccc(Cl)cc3)c2=O)cc1. The molecule has 0 fully saturated rings. The van der Waals surface area contributed by atoms with E-state index in [1.165, 1.54) is 15.1 Å². The van der Waals surface area contributed by atoms with E-state index in [4.69, 9.17) is 11.6 Å². The second kappa shape index (κ2) is 12.0. The van der Waals surface area contributed by atoms with E-state index in [1.807, 2.05) is 45.0 Å². The smallest absolute Gasteiger partial charge is 0.282 e. The molecule has 1 amide bonds. The number of aromatic nitrogens is 2. The molecule has 0 aliphatic rings. The summed E-state index contributed by atoms with van der Waals surface area (Å²) >= 11 is 5.99. The number of rotatable bonds is 11. The van der Waals surface area contributed by atoms with Crippen molar-refractivity contribution in [3.63, 3.8) is 0 Å². The van der Waals surface area contributed by atoms with Crippen LogP contribution >= 0.6 is 11.6 Å². The quantitative estimate of drug-likeness (QED) is 0.330. The minimum atomic E-state index is -0.426. The molecule has 2 aromatic carbocycles. The molecule has 3 aromatic rings. The molecule has 0 unspecified atom stereocenters. The molecule has 186 valence electrons. The number of Topliss-reactive ketones (excluding diaryl/α,β-unsaturated/α-hetero) is 1. The highest BCUT2D eigenvalue weighted by Crippen LogP contribution is 2.19. The maximum atomic E-state index is 13.4. The van der Waals surface area contributed by atoms with Crippen LogP contribution in [0.4, 0.5) is 0 Å². The normalized spacial score (nSPS) is 11.1. The summed E-state index contributed by atoms with van der Waals surface area (Å²) in [6, 6.07) is 14.4. The molecule has 0 atom stereocenters. The molecule has 0 saturated carbocycles. The van der Waals surface area contributed by atoms with Crippen molar-refractivity contribution >= 4 is 23.3 Å². The molecule has 1 aromatic heterocycles. The number of hydrogen-bond donors (Lipinski definition) is 1. The Balaban J connectivity index is 1.88. The first-order valence-corrected chi connectivity index (χ1v) is 12.7. The van der Waals surface area contributed by atoms with Gasteiger partial charge in [-0.15, -0.1) is 0 Å². The van der Waals surface area contributed by atoms with Crippen molar-refractivity contribution in [3.05, 3.63) is 86.3 Å². The van der Waals surface area contributed by atoms with Gasteiger partial charge in [-0.25, -0.2) is 4.68 Å². The number of nitrogens with zero attached hydrogens (tertiary/aromatic N) is 2. The lowest BCUT2D eigenvalue weighted by Gasteiger charge is -2.21. The highest BCUT2D eigenvalue weighted by molar-refractivity contribution is 6.30. The van der Waals surface area contributed by atoms with Gasteiger partial charge in [0, 0.05) is 17.1 Å². The topological polar surface area (TPSA) is 75.2 Å². The van der Waals surface area contributed by atoms with Gasteiger partial charge in [0.25, 0.3) is 11.5 Å². The lowest BCUT2D eigenvalue weighted by Crippen LogP contribution is -2.38. The van der Waals surface area contributed by atoms with Crippen molar-refractivity contribution in [1.29, 1.82) is 0 Å². The number of amides is 1. The van der Waals surface area contributed by atoms with Crippen molar-refractivity contribution in [2.24, 2.45) is 0 Å². The molecular formula is C28H34ClN3O3. The van der Waals surface area contributed by atoms with Crippen LogP contribution in [0.15, 0.2) is 53.3 Å². The Morgan fingerprint density at radius 2 is 1.66 bits per heavy atom. The predicted octanol–water partition coefficient (Wildman–Crippen LogP) is 6.02. The van der Waals surface area contributed by atoms with Crippen LogP contribution in [0.25, 0.3) is 5.69 Å². The number of carbonyl (C=O) groups is 2. The highest BCUT2D eigenvalue weighted by atomic mass is 35.5. The zero-order valence-electron chi connectivity index (χ0n) is 20.9. The third-order valence-corrected chi connectivity index (χ3v) is 6.25. The van der Waals surface area contributed by atoms with E-state index < -0.39 is 5.56 Å². The van der Waals surface area contributed by atoms with Gasteiger partial charge in [0.1, 0.15) is 5.56 Å². The molecule has 1 N–H and O–H groups in total. The van der Waals surface area contributed by atoms with Crippen LogP contribution in [-0.4, -0.2) is 39.5 Å². The summed E-state index contributed by atoms with van der Waals surface area (Å²) in [5.41, 5.74) is 2.55. The Labute approximate surface area is 211 Å². The summed E-state index contributed by atoms with van der Waals surface area (Å²) in [7, 11) is 0. The van der Waals surface area contributed by atoms with Gasteiger partial charge in [-0.3, -0.25) is 19.5 Å². The molecule has 6 nitrogen and oxygen atoms in total. The predicted molar refractivity (Wildman–Crippen MR) is 141 cm³/mol. The third kappa shape index (κ3) is 6.31. The number of unbranched alkanes of at least 4 members (excludes halogenated alkanes) is 1. The lowest BCUT2D eigenvalue weighted by molar-refractivity contribution is 0.0709. The number of hydrogen-bond acceptors (Lipinski definition) is 3. The van der Waals surface area contributed by atoms with E-state index in [0.29, 0.717) is 34.9 Å². The molecule has 7 heteroatoms. The average molecular weight is 496 g/mol. The van der Waals surface area contributed by atoms with E-state index in [9.17, 15) is 14.4 Å². The van der Waals surface area contributed by atoms with Crippen LogP contribution in [0.1, 0.15) is 84.8 Å². The number of nitrogens with one attached hydrogen (secondary N) is 1. The van der Waals surface area contributed by atoms with Crippen molar-refractivity contribution in [3.8, 4) is 5.69 Å². The summed E-state index contributed by atoms with van der Waals surface area (Å²) in [5, 5.41) is 3.65. The highest BCUT2D eigenvalue weighted by Gasteiger charge is 2.27. The van der Waals surface area contributed by atoms with Gasteiger partial charge in [-0.2, -0.15) is 0 Å². The first-order valence-electron chi connectivity index (χ1n) is 12.3. The van der Waals surface area contributed by atoms with E-state index in [0.717, 1.165) is 19.3 Å². The summed E-state index contributed by atoms with van der Waals surface area (Å²) < 4.78 is 1.36. The maximum Gasteiger partial charge on any atom is 0.282 e. The van der Waals surface area contributed by atoms with Crippen LogP contribution in [0.5, 0.6) is 0 Å². The first-order chi connectivity index (χ1) is 16.8. The fourth-order valence-electron chi connectivity index (χ4n) is 4.07. The second-order valence-electron chi connectivity index (χ2n) is 9.12. The average Bonchev–Trinajstić information content (AvgIpc) is 3.20. The van der Waals surface area contributed by atoms with Gasteiger partial charge in [-0.05, 0) is 67.1 Å². The minimum absolute atomic E-state index is 0.0822. The first kappa shape index (κ1) is 26.5. The molecule has 0 spiro atoms. The van der Waals surface area contributed by atoms with Crippen LogP contribution in [0.3, 0.4) is 0 Å². The van der Waals surface area contributed by atoms with Gasteiger partial charge in [0.2, 0.25) is 0 Å². The molecule has 0 aliphatic heterocycles. The van der Waals surface area contributed by atoms with Crippen molar-refractivity contribution < 1.29 is 9.59 Å². The second-order valence-corrected chi connectivity index (χ2v) is 9.56. The number of carbonyl (C=O) groups excluding carboxylic acids is 2. The van der Waals surface area contributed by atoms with Gasteiger partial charge < -0.3 is 4.90 Å². The summed E-state index contributed by atoms with van der Waals surface area (Å²) in [6.07, 6.45) is 3.90. The van der Waals surface area contributed by atoms with Gasteiger partial charge >= 0.3 is 0 Å². The number of halogens is 1. The Morgan fingerprint density at radius 3 is 2.23 bits per heavy atom. The molecular weight excluding hydrogens is 462 g/mol. The van der Waals surface area contributed by atoms with Crippen molar-refractivity contribution in [1.82, 2.24) is 14.7 Å². The maximum absolute atomic E-state index is 13.4. The molecule has 0 bridgehead atoms. The number of aromatic amines is 1. The van der Waals surface area contributed by atoms with Crippen molar-refractivity contribution in [2.45, 2.75) is 59.3 Å². The Kier molecular flexibility index (Phi) is 9.10. The zero-order valence-corrected chi connectivity index (χ0v) is 21.7. The molecule has 35 heavy (non-hydrogen) atoms. The van der Waals surface area contributed by atoms with Crippen LogP contribution < -0.4 is 5.56 Å². The summed E-state index contributed by atoms with van der Waals surface area (Å²) in [4.78, 5) is 41.5. The lowest BCUT2D eigenvalue weighted by atomic mass is 10.0. The van der Waals surface area contributed by atoms with Crippen LogP contribution in [-0.2, 0) is 6.42 Å². The summed E-state index contributed by atoms with van der Waals surface area (Å²) in [6.45, 7) is 8.22. The largest absolute Gasteiger partial charge is 0.331 e. The minimum Gasteiger partial charge on any atom is -0.331 e. The Hall–Kier alpha value is -3.12. The molecule has 0 radical (unpaired) electrons. The number of benzene rings is 2. The van der Waals surface area contributed by atoms with E-state index in [1.54, 1.807) is 24.3 Å². The fourth-order valence-corrected chi connectivity index (χ4v) is 4.19. The monoisotopic (exact) mass is 495 g/mol. The van der Waals surface area contributed by atoms with Gasteiger partial charge in [0.05, 0.1) is 17.9 Å². The number of ketones is 1. The Bertz CT molecular complexity index is 1210. The number of aryl methyl sites for hydroxylation is 1. The Morgan fingerprint density at radius 1 is 1.00 bits per heavy atom. The molecule has 0 aliphatic carbocycles. The van der Waals surface area contributed by atoms with E-state index in [-0.39, 0.29) is 29.7 Å². The molecule has 1 heterocycles. The third-order valence-electron chi connectivity index (χ3n) is 5.99. The van der Waals surface area contributed by atoms with E-state index in [2.05, 4.69) is 12.0 Å². The number of H-pyrrole nitrogens is 1. The summed E-state index contributed by atoms with van der Waals surface area (Å²) in [5.74, 6) is -0.660. The van der Waals surface area contributed by atoms with Crippen LogP contribution in [0, 0.1) is 0 Å². The molecule has 3 rings (SSSR count).